The molecule has 0 aliphatic rings. The van der Waals surface area contributed by atoms with E-state index >= 15 is 0 Å². The summed E-state index contributed by atoms with van der Waals surface area (Å²) in [5.41, 5.74) is 3.76. The van der Waals surface area contributed by atoms with Crippen LogP contribution >= 0.6 is 15.9 Å². The number of nitrogens with zero attached hydrogens (tertiary/aromatic N) is 3. The van der Waals surface area contributed by atoms with E-state index in [-0.39, 0.29) is 5.41 Å². The molecule has 0 aliphatic heterocycles. The Balaban J connectivity index is 2.11. The van der Waals surface area contributed by atoms with Crippen LogP contribution in [0.25, 0.3) is 0 Å². The lowest BCUT2D eigenvalue weighted by Gasteiger charge is -2.19. The molecule has 0 saturated heterocycles. The van der Waals surface area contributed by atoms with Crippen LogP contribution in [-0.2, 0) is 17.3 Å². The highest BCUT2D eigenvalue weighted by Gasteiger charge is 2.12. The molecular weight excluding hydrogens is 290 g/mol. The van der Waals surface area contributed by atoms with E-state index in [0.717, 1.165) is 17.6 Å². The largest absolute Gasteiger partial charge is 0.248 e. The summed E-state index contributed by atoms with van der Waals surface area (Å²) in [6, 6.07) is 8.71. The van der Waals surface area contributed by atoms with Crippen molar-refractivity contribution in [2.24, 2.45) is 0 Å². The Kier molecular flexibility index (Phi) is 3.85. The summed E-state index contributed by atoms with van der Waals surface area (Å²) in [5, 5.41) is 8.89. The molecule has 0 saturated carbocycles. The number of rotatable bonds is 3. The number of hydrogen-bond donors (Lipinski definition) is 0. The van der Waals surface area contributed by atoms with E-state index in [1.54, 1.807) is 0 Å². The average Bonchev–Trinajstić information content (AvgIpc) is 2.76. The van der Waals surface area contributed by atoms with Gasteiger partial charge >= 0.3 is 0 Å². The van der Waals surface area contributed by atoms with Crippen LogP contribution in [0, 0.1) is 0 Å². The van der Waals surface area contributed by atoms with Gasteiger partial charge in [-0.25, -0.2) is 4.68 Å². The van der Waals surface area contributed by atoms with E-state index in [2.05, 4.69) is 71.3 Å². The quantitative estimate of drug-likeness (QED) is 0.812. The third kappa shape index (κ3) is 3.19. The molecule has 0 radical (unpaired) electrons. The van der Waals surface area contributed by atoms with Gasteiger partial charge < -0.3 is 0 Å². The molecule has 1 aromatic carbocycles. The molecule has 0 amide bonds. The van der Waals surface area contributed by atoms with Crippen molar-refractivity contribution in [2.75, 3.05) is 0 Å². The minimum atomic E-state index is 0.203. The number of halogens is 1. The van der Waals surface area contributed by atoms with Crippen LogP contribution in [0.1, 0.15) is 37.6 Å². The summed E-state index contributed by atoms with van der Waals surface area (Å²) in [6.45, 7) is 7.44. The summed E-state index contributed by atoms with van der Waals surface area (Å²) in [6.07, 6.45) is 1.96. The lowest BCUT2D eigenvalue weighted by Crippen LogP contribution is -2.11. The second-order valence-corrected chi connectivity index (χ2v) is 6.05. The van der Waals surface area contributed by atoms with Gasteiger partial charge in [0.15, 0.2) is 0 Å². The zero-order chi connectivity index (χ0) is 13.2. The van der Waals surface area contributed by atoms with E-state index in [0.29, 0.717) is 0 Å². The Morgan fingerprint density at radius 1 is 1.17 bits per heavy atom. The second-order valence-electron chi connectivity index (χ2n) is 5.49. The standard InChI is InChI=1S/C14H18BrN3/c1-14(2,3)12-6-4-11(5-7-12)9-18-10-13(8-15)16-17-18/h4-7,10H,8-9H2,1-3H3. The van der Waals surface area contributed by atoms with Gasteiger partial charge in [-0.05, 0) is 16.5 Å². The van der Waals surface area contributed by atoms with Crippen molar-refractivity contribution < 1.29 is 0 Å². The van der Waals surface area contributed by atoms with Gasteiger partial charge in [0, 0.05) is 11.5 Å². The minimum absolute atomic E-state index is 0.203. The van der Waals surface area contributed by atoms with Crippen molar-refractivity contribution in [3.63, 3.8) is 0 Å². The molecular formula is C14H18BrN3. The minimum Gasteiger partial charge on any atom is -0.248 e. The molecule has 0 aliphatic carbocycles. The van der Waals surface area contributed by atoms with Gasteiger partial charge in [-0.3, -0.25) is 0 Å². The van der Waals surface area contributed by atoms with E-state index in [9.17, 15) is 0 Å². The molecule has 1 aromatic heterocycles. The monoisotopic (exact) mass is 307 g/mol. The molecule has 3 nitrogen and oxygen atoms in total. The first-order valence-corrected chi connectivity index (χ1v) is 7.15. The van der Waals surface area contributed by atoms with Gasteiger partial charge in [0.1, 0.15) is 0 Å². The first-order valence-electron chi connectivity index (χ1n) is 6.03. The molecule has 0 spiro atoms. The molecule has 2 rings (SSSR count). The number of aromatic nitrogens is 3. The summed E-state index contributed by atoms with van der Waals surface area (Å²) in [7, 11) is 0. The SMILES string of the molecule is CC(C)(C)c1ccc(Cn2cc(CBr)nn2)cc1. The molecule has 0 atom stereocenters. The van der Waals surface area contributed by atoms with Crippen LogP contribution in [0.5, 0.6) is 0 Å². The number of benzene rings is 1. The first kappa shape index (κ1) is 13.3. The first-order chi connectivity index (χ1) is 8.49. The van der Waals surface area contributed by atoms with Gasteiger partial charge in [-0.2, -0.15) is 0 Å². The van der Waals surface area contributed by atoms with Crippen molar-refractivity contribution in [3.8, 4) is 0 Å². The van der Waals surface area contributed by atoms with Crippen molar-refractivity contribution in [1.82, 2.24) is 15.0 Å². The smallest absolute Gasteiger partial charge is 0.0932 e. The van der Waals surface area contributed by atoms with Gasteiger partial charge in [0.05, 0.1) is 12.2 Å². The molecule has 96 valence electrons. The average molecular weight is 308 g/mol. The zero-order valence-electron chi connectivity index (χ0n) is 11.0. The second kappa shape index (κ2) is 5.22. The van der Waals surface area contributed by atoms with Crippen molar-refractivity contribution in [3.05, 3.63) is 47.3 Å². The van der Waals surface area contributed by atoms with Gasteiger partial charge in [0.25, 0.3) is 0 Å². The Hall–Kier alpha value is -1.16. The van der Waals surface area contributed by atoms with E-state index < -0.39 is 0 Å². The van der Waals surface area contributed by atoms with Gasteiger partial charge in [0.2, 0.25) is 0 Å². The Morgan fingerprint density at radius 2 is 1.83 bits per heavy atom. The lowest BCUT2D eigenvalue weighted by atomic mass is 9.87. The van der Waals surface area contributed by atoms with Crippen LogP contribution < -0.4 is 0 Å². The molecule has 2 aromatic rings. The fourth-order valence-electron chi connectivity index (χ4n) is 1.77. The van der Waals surface area contributed by atoms with Crippen LogP contribution in [0.2, 0.25) is 0 Å². The molecule has 1 heterocycles. The molecule has 4 heteroatoms. The fraction of sp³-hybridized carbons (Fsp3) is 0.429. The maximum absolute atomic E-state index is 4.09. The molecule has 0 bridgehead atoms. The Labute approximate surface area is 116 Å². The molecule has 0 fully saturated rings. The van der Waals surface area contributed by atoms with Crippen LogP contribution in [0.3, 0.4) is 0 Å². The third-order valence-electron chi connectivity index (χ3n) is 2.89. The highest BCUT2D eigenvalue weighted by atomic mass is 79.9. The Bertz CT molecular complexity index is 509. The van der Waals surface area contributed by atoms with E-state index in [1.807, 2.05) is 10.9 Å². The maximum atomic E-state index is 4.09. The number of alkyl halides is 1. The van der Waals surface area contributed by atoms with Crippen molar-refractivity contribution in [1.29, 1.82) is 0 Å². The van der Waals surface area contributed by atoms with E-state index in [1.165, 1.54) is 11.1 Å². The fourth-order valence-corrected chi connectivity index (χ4v) is 2.03. The highest BCUT2D eigenvalue weighted by molar-refractivity contribution is 9.08. The maximum Gasteiger partial charge on any atom is 0.0932 e. The lowest BCUT2D eigenvalue weighted by molar-refractivity contribution is 0.589. The summed E-state index contributed by atoms with van der Waals surface area (Å²) < 4.78 is 1.86. The topological polar surface area (TPSA) is 30.7 Å². The summed E-state index contributed by atoms with van der Waals surface area (Å²) in [4.78, 5) is 0. The van der Waals surface area contributed by atoms with Crippen molar-refractivity contribution in [2.45, 2.75) is 38.1 Å². The van der Waals surface area contributed by atoms with Crippen molar-refractivity contribution >= 4 is 15.9 Å². The normalized spacial score (nSPS) is 11.8. The van der Waals surface area contributed by atoms with Gasteiger partial charge in [-0.1, -0.05) is 66.2 Å². The van der Waals surface area contributed by atoms with Crippen LogP contribution in [0.4, 0.5) is 0 Å². The summed E-state index contributed by atoms with van der Waals surface area (Å²) in [5.74, 6) is 0. The predicted octanol–water partition coefficient (Wildman–Crippen LogP) is 3.52. The predicted molar refractivity (Wildman–Crippen MR) is 76.9 cm³/mol. The number of hydrogen-bond acceptors (Lipinski definition) is 2. The molecule has 0 unspecified atom stereocenters. The molecule has 0 N–H and O–H groups in total. The van der Waals surface area contributed by atoms with Gasteiger partial charge in [-0.15, -0.1) is 5.10 Å². The third-order valence-corrected chi connectivity index (χ3v) is 3.46. The molecule has 18 heavy (non-hydrogen) atoms. The summed E-state index contributed by atoms with van der Waals surface area (Å²) >= 11 is 3.37. The highest BCUT2D eigenvalue weighted by Crippen LogP contribution is 2.22. The van der Waals surface area contributed by atoms with E-state index in [4.69, 9.17) is 0 Å². The Morgan fingerprint density at radius 3 is 2.33 bits per heavy atom. The van der Waals surface area contributed by atoms with Crippen LogP contribution in [-0.4, -0.2) is 15.0 Å². The van der Waals surface area contributed by atoms with Crippen LogP contribution in [0.15, 0.2) is 30.5 Å². The zero-order valence-corrected chi connectivity index (χ0v) is 12.6.